The number of hydrogen-bond acceptors (Lipinski definition) is 3. The molecular formula is C13H18F3NO2. The van der Waals surface area contributed by atoms with Crippen molar-refractivity contribution in [2.45, 2.75) is 19.4 Å². The Labute approximate surface area is 110 Å². The molecule has 1 atom stereocenters. The molecule has 1 aromatic rings. The van der Waals surface area contributed by atoms with Crippen LogP contribution in [-0.4, -0.2) is 33.3 Å². The third-order valence-electron chi connectivity index (χ3n) is 2.62. The molecule has 108 valence electrons. The molecule has 0 aliphatic rings. The van der Waals surface area contributed by atoms with Crippen LogP contribution in [0.5, 0.6) is 5.75 Å². The first kappa shape index (κ1) is 15.8. The van der Waals surface area contributed by atoms with Crippen LogP contribution in [0.15, 0.2) is 18.2 Å². The molecule has 0 radical (unpaired) electrons. The minimum Gasteiger partial charge on any atom is -0.494 e. The van der Waals surface area contributed by atoms with E-state index in [0.29, 0.717) is 6.54 Å². The number of nitrogens with one attached hydrogen (secondary N) is 1. The zero-order valence-electron chi connectivity index (χ0n) is 11.0. The van der Waals surface area contributed by atoms with Crippen LogP contribution >= 0.6 is 0 Å². The molecule has 1 unspecified atom stereocenters. The van der Waals surface area contributed by atoms with Gasteiger partial charge in [-0.05, 0) is 24.6 Å². The number of alkyl halides is 2. The summed E-state index contributed by atoms with van der Waals surface area (Å²) in [5.41, 5.74) is 0.757. The van der Waals surface area contributed by atoms with E-state index in [1.165, 1.54) is 13.2 Å². The first-order chi connectivity index (χ1) is 9.04. The summed E-state index contributed by atoms with van der Waals surface area (Å²) in [4.78, 5) is 0. The number of methoxy groups -OCH3 is 1. The van der Waals surface area contributed by atoms with Crippen LogP contribution in [0, 0.1) is 5.82 Å². The fourth-order valence-electron chi connectivity index (χ4n) is 1.59. The predicted molar refractivity (Wildman–Crippen MR) is 66.2 cm³/mol. The molecule has 0 fully saturated rings. The van der Waals surface area contributed by atoms with Crippen molar-refractivity contribution in [1.29, 1.82) is 0 Å². The van der Waals surface area contributed by atoms with E-state index in [-0.39, 0.29) is 18.4 Å². The molecule has 0 saturated carbocycles. The summed E-state index contributed by atoms with van der Waals surface area (Å²) in [6.45, 7) is 1.90. The fourth-order valence-corrected chi connectivity index (χ4v) is 1.59. The Balaban J connectivity index is 2.37. The fraction of sp³-hybridized carbons (Fsp3) is 0.538. The second-order valence-electron chi connectivity index (χ2n) is 4.04. The normalized spacial score (nSPS) is 12.7. The van der Waals surface area contributed by atoms with Crippen molar-refractivity contribution in [2.75, 3.05) is 26.9 Å². The molecule has 1 rings (SSSR count). The third kappa shape index (κ3) is 5.48. The van der Waals surface area contributed by atoms with Gasteiger partial charge in [-0.15, -0.1) is 0 Å². The number of hydrogen-bond donors (Lipinski definition) is 1. The van der Waals surface area contributed by atoms with Crippen LogP contribution in [0.3, 0.4) is 0 Å². The van der Waals surface area contributed by atoms with E-state index < -0.39 is 18.8 Å². The summed E-state index contributed by atoms with van der Waals surface area (Å²) in [5, 5.41) is 3.06. The molecule has 0 bridgehead atoms. The summed E-state index contributed by atoms with van der Waals surface area (Å²) in [6, 6.07) is 4.59. The van der Waals surface area contributed by atoms with Crippen molar-refractivity contribution in [3.8, 4) is 5.75 Å². The molecule has 3 nitrogen and oxygen atoms in total. The molecular weight excluding hydrogens is 259 g/mol. The number of rotatable bonds is 8. The highest BCUT2D eigenvalue weighted by Gasteiger charge is 2.09. The Morgan fingerprint density at radius 2 is 2.05 bits per heavy atom. The van der Waals surface area contributed by atoms with Crippen LogP contribution in [-0.2, 0) is 4.74 Å². The van der Waals surface area contributed by atoms with Crippen molar-refractivity contribution < 1.29 is 22.6 Å². The highest BCUT2D eigenvalue weighted by atomic mass is 19.3. The molecule has 0 spiro atoms. The molecule has 0 amide bonds. The molecule has 0 aliphatic carbocycles. The highest BCUT2D eigenvalue weighted by molar-refractivity contribution is 5.30. The van der Waals surface area contributed by atoms with Gasteiger partial charge in [-0.1, -0.05) is 6.07 Å². The molecule has 0 aliphatic heterocycles. The van der Waals surface area contributed by atoms with E-state index in [0.717, 1.165) is 5.56 Å². The van der Waals surface area contributed by atoms with Crippen molar-refractivity contribution >= 4 is 0 Å². The Morgan fingerprint density at radius 3 is 2.63 bits per heavy atom. The van der Waals surface area contributed by atoms with Crippen molar-refractivity contribution in [2.24, 2.45) is 0 Å². The van der Waals surface area contributed by atoms with Gasteiger partial charge in [0, 0.05) is 12.6 Å². The van der Waals surface area contributed by atoms with Crippen LogP contribution in [0.4, 0.5) is 13.2 Å². The standard InChI is InChI=1S/C13H18F3NO2/c1-9(17-5-6-19-8-13(15)16)10-3-4-12(18-2)11(14)7-10/h3-4,7,9,13,17H,5-6,8H2,1-2H3. The molecule has 19 heavy (non-hydrogen) atoms. The van der Waals surface area contributed by atoms with Gasteiger partial charge in [-0.2, -0.15) is 0 Å². The van der Waals surface area contributed by atoms with E-state index in [1.807, 2.05) is 6.92 Å². The number of ether oxygens (including phenoxy) is 2. The quantitative estimate of drug-likeness (QED) is 0.741. The van der Waals surface area contributed by atoms with Crippen LogP contribution in [0.2, 0.25) is 0 Å². The molecule has 6 heteroatoms. The third-order valence-corrected chi connectivity index (χ3v) is 2.62. The van der Waals surface area contributed by atoms with E-state index in [1.54, 1.807) is 12.1 Å². The van der Waals surface area contributed by atoms with Gasteiger partial charge in [0.2, 0.25) is 0 Å². The average molecular weight is 277 g/mol. The lowest BCUT2D eigenvalue weighted by Gasteiger charge is -2.15. The lowest BCUT2D eigenvalue weighted by atomic mass is 10.1. The van der Waals surface area contributed by atoms with E-state index in [9.17, 15) is 13.2 Å². The summed E-state index contributed by atoms with van der Waals surface area (Å²) in [5.74, 6) is -0.237. The molecule has 1 N–H and O–H groups in total. The first-order valence-corrected chi connectivity index (χ1v) is 5.97. The van der Waals surface area contributed by atoms with E-state index in [4.69, 9.17) is 9.47 Å². The Bertz CT molecular complexity index is 388. The molecule has 1 aromatic carbocycles. The number of halogens is 3. The maximum absolute atomic E-state index is 13.5. The minimum atomic E-state index is -2.45. The lowest BCUT2D eigenvalue weighted by Crippen LogP contribution is -2.24. The maximum Gasteiger partial charge on any atom is 0.261 e. The largest absolute Gasteiger partial charge is 0.494 e. The van der Waals surface area contributed by atoms with Crippen LogP contribution in [0.25, 0.3) is 0 Å². The predicted octanol–water partition coefficient (Wildman–Crippen LogP) is 2.77. The van der Waals surface area contributed by atoms with Gasteiger partial charge in [0.15, 0.2) is 11.6 Å². The van der Waals surface area contributed by atoms with Crippen molar-refractivity contribution in [3.05, 3.63) is 29.6 Å². The van der Waals surface area contributed by atoms with E-state index >= 15 is 0 Å². The van der Waals surface area contributed by atoms with Crippen LogP contribution < -0.4 is 10.1 Å². The minimum absolute atomic E-state index is 0.101. The van der Waals surface area contributed by atoms with Gasteiger partial charge in [0.25, 0.3) is 6.43 Å². The highest BCUT2D eigenvalue weighted by Crippen LogP contribution is 2.21. The van der Waals surface area contributed by atoms with Crippen LogP contribution in [0.1, 0.15) is 18.5 Å². The Morgan fingerprint density at radius 1 is 1.32 bits per heavy atom. The summed E-state index contributed by atoms with van der Waals surface area (Å²) in [7, 11) is 1.40. The number of benzene rings is 1. The summed E-state index contributed by atoms with van der Waals surface area (Å²) >= 11 is 0. The summed E-state index contributed by atoms with van der Waals surface area (Å²) < 4.78 is 46.7. The average Bonchev–Trinajstić information content (AvgIpc) is 2.37. The van der Waals surface area contributed by atoms with Crippen molar-refractivity contribution in [3.63, 3.8) is 0 Å². The van der Waals surface area contributed by atoms with Gasteiger partial charge >= 0.3 is 0 Å². The second kappa shape index (κ2) is 8.01. The van der Waals surface area contributed by atoms with Gasteiger partial charge in [0.05, 0.1) is 13.7 Å². The van der Waals surface area contributed by atoms with Gasteiger partial charge in [-0.25, -0.2) is 13.2 Å². The SMILES string of the molecule is COc1ccc(C(C)NCCOCC(F)F)cc1F. The monoisotopic (exact) mass is 277 g/mol. The Kier molecular flexibility index (Phi) is 6.66. The topological polar surface area (TPSA) is 30.5 Å². The van der Waals surface area contributed by atoms with Crippen molar-refractivity contribution in [1.82, 2.24) is 5.32 Å². The Hall–Kier alpha value is -1.27. The first-order valence-electron chi connectivity index (χ1n) is 5.97. The molecule has 0 aromatic heterocycles. The lowest BCUT2D eigenvalue weighted by molar-refractivity contribution is 0.0183. The van der Waals surface area contributed by atoms with E-state index in [2.05, 4.69) is 5.32 Å². The zero-order valence-corrected chi connectivity index (χ0v) is 11.0. The smallest absolute Gasteiger partial charge is 0.261 e. The maximum atomic E-state index is 13.5. The zero-order chi connectivity index (χ0) is 14.3. The van der Waals surface area contributed by atoms with Gasteiger partial charge < -0.3 is 14.8 Å². The second-order valence-corrected chi connectivity index (χ2v) is 4.04. The molecule has 0 saturated heterocycles. The van der Waals surface area contributed by atoms with Gasteiger partial charge in [0.1, 0.15) is 6.61 Å². The van der Waals surface area contributed by atoms with Gasteiger partial charge in [-0.3, -0.25) is 0 Å². The molecule has 0 heterocycles. The summed E-state index contributed by atoms with van der Waals surface area (Å²) in [6.07, 6.45) is -2.45.